The number of anilines is 1. The van der Waals surface area contributed by atoms with Gasteiger partial charge in [0.15, 0.2) is 5.13 Å². The van der Waals surface area contributed by atoms with Crippen LogP contribution in [0.5, 0.6) is 5.75 Å². The Hall–Kier alpha value is -1.60. The molecular formula is C13H16N2O3S2. The normalized spacial score (nSPS) is 11.3. The van der Waals surface area contributed by atoms with Gasteiger partial charge in [-0.3, -0.25) is 4.72 Å². The Morgan fingerprint density at radius 3 is 2.45 bits per heavy atom. The maximum absolute atomic E-state index is 11.3. The van der Waals surface area contributed by atoms with Crippen molar-refractivity contribution in [3.63, 3.8) is 0 Å². The molecule has 2 aromatic rings. The summed E-state index contributed by atoms with van der Waals surface area (Å²) in [5.74, 6) is 0.775. The van der Waals surface area contributed by atoms with E-state index >= 15 is 0 Å². The molecule has 0 aliphatic heterocycles. The molecule has 0 bridgehead atoms. The van der Waals surface area contributed by atoms with Crippen LogP contribution in [0.4, 0.5) is 5.13 Å². The van der Waals surface area contributed by atoms with Crippen molar-refractivity contribution in [1.29, 1.82) is 0 Å². The van der Waals surface area contributed by atoms with E-state index in [4.69, 9.17) is 4.74 Å². The molecule has 1 aromatic carbocycles. The zero-order valence-corrected chi connectivity index (χ0v) is 13.1. The summed E-state index contributed by atoms with van der Waals surface area (Å²) in [6.07, 6.45) is 1.91. The van der Waals surface area contributed by atoms with Gasteiger partial charge in [0, 0.05) is 10.4 Å². The van der Waals surface area contributed by atoms with Gasteiger partial charge in [-0.15, -0.1) is 11.3 Å². The monoisotopic (exact) mass is 312 g/mol. The average Bonchev–Trinajstić information content (AvgIpc) is 2.79. The third-order valence-electron chi connectivity index (χ3n) is 2.65. The van der Waals surface area contributed by atoms with Crippen LogP contribution in [0.15, 0.2) is 24.3 Å². The fourth-order valence-electron chi connectivity index (χ4n) is 1.77. The number of sulfonamides is 1. The summed E-state index contributed by atoms with van der Waals surface area (Å²) in [6.45, 7) is 2.02. The third-order valence-corrected chi connectivity index (χ3v) is 4.46. The maximum atomic E-state index is 11.3. The highest BCUT2D eigenvalue weighted by Crippen LogP contribution is 2.32. The van der Waals surface area contributed by atoms with Crippen LogP contribution in [-0.4, -0.2) is 26.8 Å². The minimum atomic E-state index is -3.30. The number of ether oxygens (including phenoxy) is 1. The number of nitrogens with zero attached hydrogens (tertiary/aromatic N) is 1. The summed E-state index contributed by atoms with van der Waals surface area (Å²) in [5, 5.41) is 0.398. The van der Waals surface area contributed by atoms with Gasteiger partial charge < -0.3 is 4.74 Å². The first-order valence-electron chi connectivity index (χ1n) is 6.05. The summed E-state index contributed by atoms with van der Waals surface area (Å²) in [5.41, 5.74) is 1.76. The highest BCUT2D eigenvalue weighted by atomic mass is 32.2. The van der Waals surface area contributed by atoms with Gasteiger partial charge in [-0.2, -0.15) is 0 Å². The zero-order chi connectivity index (χ0) is 14.8. The molecule has 0 saturated heterocycles. The fourth-order valence-corrected chi connectivity index (χ4v) is 3.53. The van der Waals surface area contributed by atoms with Gasteiger partial charge in [0.2, 0.25) is 10.0 Å². The molecule has 0 radical (unpaired) electrons. The molecule has 1 aromatic heterocycles. The van der Waals surface area contributed by atoms with E-state index in [1.54, 1.807) is 7.11 Å². The van der Waals surface area contributed by atoms with Crippen LogP contribution < -0.4 is 9.46 Å². The number of hydrogen-bond donors (Lipinski definition) is 1. The number of aromatic nitrogens is 1. The quantitative estimate of drug-likeness (QED) is 0.922. The summed E-state index contributed by atoms with van der Waals surface area (Å²) in [6, 6.07) is 7.55. The molecule has 1 heterocycles. The zero-order valence-electron chi connectivity index (χ0n) is 11.5. The largest absolute Gasteiger partial charge is 0.497 e. The van der Waals surface area contributed by atoms with Crippen LogP contribution in [0.2, 0.25) is 0 Å². The van der Waals surface area contributed by atoms with Gasteiger partial charge in [-0.05, 0) is 30.7 Å². The summed E-state index contributed by atoms with van der Waals surface area (Å²) in [7, 11) is -1.69. The lowest BCUT2D eigenvalue weighted by Crippen LogP contribution is -2.08. The molecular weight excluding hydrogens is 296 g/mol. The predicted molar refractivity (Wildman–Crippen MR) is 81.9 cm³/mol. The van der Waals surface area contributed by atoms with Gasteiger partial charge in [0.25, 0.3) is 0 Å². The Bertz CT molecular complexity index is 691. The maximum Gasteiger partial charge on any atom is 0.231 e. The minimum absolute atomic E-state index is 0.398. The molecule has 0 aliphatic carbocycles. The Balaban J connectivity index is 2.39. The number of aryl methyl sites for hydroxylation is 1. The first-order chi connectivity index (χ1) is 9.43. The van der Waals surface area contributed by atoms with E-state index in [0.717, 1.165) is 34.6 Å². The van der Waals surface area contributed by atoms with E-state index in [9.17, 15) is 8.42 Å². The number of hydrogen-bond acceptors (Lipinski definition) is 5. The van der Waals surface area contributed by atoms with Gasteiger partial charge in [-0.1, -0.05) is 6.92 Å². The van der Waals surface area contributed by atoms with E-state index in [-0.39, 0.29) is 0 Å². The molecule has 20 heavy (non-hydrogen) atoms. The van der Waals surface area contributed by atoms with E-state index in [1.807, 2.05) is 31.2 Å². The second-order valence-electron chi connectivity index (χ2n) is 4.25. The molecule has 1 N–H and O–H groups in total. The van der Waals surface area contributed by atoms with Crippen molar-refractivity contribution in [2.45, 2.75) is 13.3 Å². The standard InChI is InChI=1S/C13H16N2O3S2/c1-4-11-12(9-5-7-10(18-2)8-6-9)14-13(19-11)15-20(3,16)17/h5-8H,4H2,1-3H3,(H,14,15). The lowest BCUT2D eigenvalue weighted by molar-refractivity contribution is 0.415. The van der Waals surface area contributed by atoms with Crippen molar-refractivity contribution in [3.05, 3.63) is 29.1 Å². The third kappa shape index (κ3) is 3.49. The van der Waals surface area contributed by atoms with Crippen molar-refractivity contribution in [2.24, 2.45) is 0 Å². The van der Waals surface area contributed by atoms with Gasteiger partial charge in [0.1, 0.15) is 5.75 Å². The molecule has 2 rings (SSSR count). The average molecular weight is 312 g/mol. The number of nitrogens with one attached hydrogen (secondary N) is 1. The van der Waals surface area contributed by atoms with Crippen LogP contribution in [0.25, 0.3) is 11.3 Å². The van der Waals surface area contributed by atoms with Crippen molar-refractivity contribution in [2.75, 3.05) is 18.1 Å². The van der Waals surface area contributed by atoms with E-state index in [0.29, 0.717) is 5.13 Å². The number of methoxy groups -OCH3 is 1. The van der Waals surface area contributed by atoms with E-state index < -0.39 is 10.0 Å². The van der Waals surface area contributed by atoms with Crippen LogP contribution in [0.3, 0.4) is 0 Å². The molecule has 108 valence electrons. The second kappa shape index (κ2) is 5.80. The van der Waals surface area contributed by atoms with Crippen LogP contribution in [0, 0.1) is 0 Å². The van der Waals surface area contributed by atoms with E-state index in [1.165, 1.54) is 11.3 Å². The molecule has 0 unspecified atom stereocenters. The number of benzene rings is 1. The van der Waals surface area contributed by atoms with E-state index in [2.05, 4.69) is 9.71 Å². The molecule has 0 fully saturated rings. The lowest BCUT2D eigenvalue weighted by Gasteiger charge is -2.02. The van der Waals surface area contributed by atoms with Crippen LogP contribution in [0.1, 0.15) is 11.8 Å². The molecule has 5 nitrogen and oxygen atoms in total. The first-order valence-corrected chi connectivity index (χ1v) is 8.75. The second-order valence-corrected chi connectivity index (χ2v) is 7.08. The molecule has 0 saturated carbocycles. The Labute approximate surface area is 122 Å². The van der Waals surface area contributed by atoms with Gasteiger partial charge in [-0.25, -0.2) is 13.4 Å². The lowest BCUT2D eigenvalue weighted by atomic mass is 10.1. The molecule has 7 heteroatoms. The van der Waals surface area contributed by atoms with Crippen molar-refractivity contribution >= 4 is 26.5 Å². The fraction of sp³-hybridized carbons (Fsp3) is 0.308. The number of thiazole rings is 1. The molecule has 0 aliphatic rings. The first kappa shape index (κ1) is 14.8. The molecule has 0 atom stereocenters. The SMILES string of the molecule is CCc1sc(NS(C)(=O)=O)nc1-c1ccc(OC)cc1. The molecule has 0 amide bonds. The molecule has 0 spiro atoms. The van der Waals surface area contributed by atoms with Gasteiger partial charge >= 0.3 is 0 Å². The summed E-state index contributed by atoms with van der Waals surface area (Å²) in [4.78, 5) is 5.42. The van der Waals surface area contributed by atoms with Crippen molar-refractivity contribution in [1.82, 2.24) is 4.98 Å². The van der Waals surface area contributed by atoms with Crippen LogP contribution in [-0.2, 0) is 16.4 Å². The summed E-state index contributed by atoms with van der Waals surface area (Å²) < 4.78 is 30.1. The highest BCUT2D eigenvalue weighted by molar-refractivity contribution is 7.92. The van der Waals surface area contributed by atoms with Crippen LogP contribution >= 0.6 is 11.3 Å². The summed E-state index contributed by atoms with van der Waals surface area (Å²) >= 11 is 1.36. The Morgan fingerprint density at radius 1 is 1.30 bits per heavy atom. The number of rotatable bonds is 5. The minimum Gasteiger partial charge on any atom is -0.497 e. The highest BCUT2D eigenvalue weighted by Gasteiger charge is 2.14. The van der Waals surface area contributed by atoms with Crippen molar-refractivity contribution in [3.8, 4) is 17.0 Å². The predicted octanol–water partition coefficient (Wildman–Crippen LogP) is 2.75. The Kier molecular flexibility index (Phi) is 4.29. The smallest absolute Gasteiger partial charge is 0.231 e. The Morgan fingerprint density at radius 2 is 1.95 bits per heavy atom. The van der Waals surface area contributed by atoms with Crippen molar-refractivity contribution < 1.29 is 13.2 Å². The van der Waals surface area contributed by atoms with Gasteiger partial charge in [0.05, 0.1) is 19.1 Å². The topological polar surface area (TPSA) is 68.3 Å².